The molecule has 7 aromatic carbocycles. The first-order chi connectivity index (χ1) is 29.7. The van der Waals surface area contributed by atoms with E-state index < -0.39 is 0 Å². The maximum Gasteiger partial charge on any atom is 0.164 e. The van der Waals surface area contributed by atoms with Crippen molar-refractivity contribution in [2.75, 3.05) is 0 Å². The zero-order valence-corrected chi connectivity index (χ0v) is 32.3. The molecule has 3 heterocycles. The summed E-state index contributed by atoms with van der Waals surface area (Å²) in [5.41, 5.74) is 11.2. The molecule has 0 N–H and O–H groups in total. The maximum absolute atomic E-state index is 5.23. The van der Waals surface area contributed by atoms with Crippen LogP contribution in [0, 0.1) is 0 Å². The van der Waals surface area contributed by atoms with Crippen LogP contribution in [-0.4, -0.2) is 34.9 Å². The van der Waals surface area contributed by atoms with Crippen LogP contribution in [0.5, 0.6) is 0 Å². The van der Waals surface area contributed by atoms with Crippen molar-refractivity contribution in [1.29, 1.82) is 0 Å². The first kappa shape index (κ1) is 36.1. The van der Waals surface area contributed by atoms with Crippen molar-refractivity contribution in [3.8, 4) is 102 Å². The quantitative estimate of drug-likeness (QED) is 0.144. The zero-order chi connectivity index (χ0) is 40.1. The van der Waals surface area contributed by atoms with Crippen LogP contribution in [0.15, 0.2) is 212 Å². The summed E-state index contributed by atoms with van der Waals surface area (Å²) in [5, 5.41) is 0. The minimum atomic E-state index is 0.520. The highest BCUT2D eigenvalue weighted by molar-refractivity contribution is 5.82. The number of hydrogen-bond acceptors (Lipinski definition) is 7. The van der Waals surface area contributed by atoms with E-state index in [0.717, 1.165) is 72.8 Å². The second-order valence-corrected chi connectivity index (χ2v) is 14.2. The van der Waals surface area contributed by atoms with Gasteiger partial charge in [0.15, 0.2) is 29.1 Å². The fourth-order valence-electron chi connectivity index (χ4n) is 7.13. The van der Waals surface area contributed by atoms with Gasteiger partial charge in [0.25, 0.3) is 0 Å². The Morgan fingerprint density at radius 3 is 0.683 bits per heavy atom. The standard InChI is InChI=1S/C53H35N7/c1-7-19-36(20-8-1)45-34-47(56-49(54-45)38-23-11-3-12-24-38)42-31-43(48-35-46(37-21-9-2-10-22-37)55-50(57-48)39-25-13-4-14-26-39)33-44(32-42)53-59-51(40-27-15-5-16-28-40)58-52(60-53)41-29-17-6-18-30-41/h1-35H. The Labute approximate surface area is 347 Å². The molecular weight excluding hydrogens is 735 g/mol. The summed E-state index contributed by atoms with van der Waals surface area (Å²) < 4.78 is 0. The van der Waals surface area contributed by atoms with Gasteiger partial charge in [-0.15, -0.1) is 0 Å². The average Bonchev–Trinajstić information content (AvgIpc) is 3.35. The van der Waals surface area contributed by atoms with Crippen LogP contribution in [0.1, 0.15) is 0 Å². The number of aromatic nitrogens is 7. The lowest BCUT2D eigenvalue weighted by Crippen LogP contribution is -2.01. The van der Waals surface area contributed by atoms with Crippen molar-refractivity contribution in [2.24, 2.45) is 0 Å². The highest BCUT2D eigenvalue weighted by Gasteiger charge is 2.19. The van der Waals surface area contributed by atoms with Crippen molar-refractivity contribution in [3.63, 3.8) is 0 Å². The molecular formula is C53H35N7. The summed E-state index contributed by atoms with van der Waals surface area (Å²) >= 11 is 0. The third kappa shape index (κ3) is 7.71. The normalized spacial score (nSPS) is 11.0. The lowest BCUT2D eigenvalue weighted by Gasteiger charge is -2.14. The number of nitrogens with zero attached hydrogens (tertiary/aromatic N) is 7. The molecule has 0 atom stereocenters. The van der Waals surface area contributed by atoms with E-state index in [1.54, 1.807) is 0 Å². The minimum Gasteiger partial charge on any atom is -0.228 e. The topological polar surface area (TPSA) is 90.2 Å². The Bertz CT molecular complexity index is 2540. The van der Waals surface area contributed by atoms with E-state index in [1.165, 1.54) is 0 Å². The average molecular weight is 770 g/mol. The lowest BCUT2D eigenvalue weighted by atomic mass is 9.98. The van der Waals surface area contributed by atoms with Crippen LogP contribution in [0.2, 0.25) is 0 Å². The van der Waals surface area contributed by atoms with Gasteiger partial charge in [0.05, 0.1) is 22.8 Å². The van der Waals surface area contributed by atoms with E-state index in [1.807, 2.05) is 170 Å². The molecule has 0 aliphatic heterocycles. The molecule has 0 radical (unpaired) electrons. The predicted octanol–water partition coefficient (Wildman–Crippen LogP) is 12.5. The summed E-state index contributed by atoms with van der Waals surface area (Å²) in [7, 11) is 0. The highest BCUT2D eigenvalue weighted by atomic mass is 15.0. The molecule has 0 saturated carbocycles. The number of rotatable bonds is 9. The second kappa shape index (κ2) is 16.3. The number of benzene rings is 7. The Hall–Kier alpha value is -8.29. The monoisotopic (exact) mass is 769 g/mol. The molecule has 7 heteroatoms. The molecule has 0 bridgehead atoms. The lowest BCUT2D eigenvalue weighted by molar-refractivity contribution is 1.07. The summed E-state index contributed by atoms with van der Waals surface area (Å²) in [6.45, 7) is 0. The van der Waals surface area contributed by atoms with Crippen molar-refractivity contribution in [2.45, 2.75) is 0 Å². The van der Waals surface area contributed by atoms with E-state index in [0.29, 0.717) is 29.1 Å². The van der Waals surface area contributed by atoms with Crippen LogP contribution in [0.3, 0.4) is 0 Å². The molecule has 0 aliphatic rings. The van der Waals surface area contributed by atoms with Gasteiger partial charge in [-0.1, -0.05) is 182 Å². The fourth-order valence-corrected chi connectivity index (χ4v) is 7.13. The largest absolute Gasteiger partial charge is 0.228 e. The van der Waals surface area contributed by atoms with E-state index in [-0.39, 0.29) is 0 Å². The van der Waals surface area contributed by atoms with Gasteiger partial charge in [-0.2, -0.15) is 0 Å². The van der Waals surface area contributed by atoms with Crippen molar-refractivity contribution < 1.29 is 0 Å². The molecule has 7 nitrogen and oxygen atoms in total. The van der Waals surface area contributed by atoms with E-state index in [4.69, 9.17) is 34.9 Å². The van der Waals surface area contributed by atoms with Crippen LogP contribution < -0.4 is 0 Å². The second-order valence-electron chi connectivity index (χ2n) is 14.2. The zero-order valence-electron chi connectivity index (χ0n) is 32.3. The Morgan fingerprint density at radius 2 is 0.383 bits per heavy atom. The number of hydrogen-bond donors (Lipinski definition) is 0. The molecule has 0 saturated heterocycles. The Morgan fingerprint density at radius 1 is 0.167 bits per heavy atom. The fraction of sp³-hybridized carbons (Fsp3) is 0. The van der Waals surface area contributed by atoms with Gasteiger partial charge in [-0.3, -0.25) is 0 Å². The maximum atomic E-state index is 5.23. The molecule has 3 aromatic heterocycles. The third-order valence-electron chi connectivity index (χ3n) is 10.1. The first-order valence-electron chi connectivity index (χ1n) is 19.7. The smallest absolute Gasteiger partial charge is 0.164 e. The van der Waals surface area contributed by atoms with Crippen molar-refractivity contribution in [3.05, 3.63) is 212 Å². The molecule has 0 aliphatic carbocycles. The third-order valence-corrected chi connectivity index (χ3v) is 10.1. The van der Waals surface area contributed by atoms with Crippen molar-refractivity contribution >= 4 is 0 Å². The van der Waals surface area contributed by atoms with E-state index >= 15 is 0 Å². The van der Waals surface area contributed by atoms with E-state index in [2.05, 4.69) is 42.5 Å². The van der Waals surface area contributed by atoms with Gasteiger partial charge >= 0.3 is 0 Å². The molecule has 0 unspecified atom stereocenters. The van der Waals surface area contributed by atoms with Gasteiger partial charge in [0, 0.05) is 50.1 Å². The molecule has 10 rings (SSSR count). The highest BCUT2D eigenvalue weighted by Crippen LogP contribution is 2.36. The van der Waals surface area contributed by atoms with Gasteiger partial charge in [-0.25, -0.2) is 34.9 Å². The van der Waals surface area contributed by atoms with Gasteiger partial charge in [-0.05, 0) is 30.3 Å². The minimum absolute atomic E-state index is 0.520. The first-order valence-corrected chi connectivity index (χ1v) is 19.7. The van der Waals surface area contributed by atoms with Crippen LogP contribution in [-0.2, 0) is 0 Å². The summed E-state index contributed by atoms with van der Waals surface area (Å²) in [6.07, 6.45) is 0. The molecule has 0 fully saturated rings. The van der Waals surface area contributed by atoms with Crippen molar-refractivity contribution in [1.82, 2.24) is 34.9 Å². The van der Waals surface area contributed by atoms with Crippen LogP contribution in [0.4, 0.5) is 0 Å². The van der Waals surface area contributed by atoms with Gasteiger partial charge < -0.3 is 0 Å². The Balaban J connectivity index is 1.24. The SMILES string of the molecule is c1ccc(-c2cc(-c3cc(-c4cc(-c5ccccc5)nc(-c5ccccc5)n4)cc(-c4nc(-c5ccccc5)nc(-c5ccccc5)n4)c3)nc(-c3ccccc3)n2)cc1. The Kier molecular flexibility index (Phi) is 9.79. The molecule has 0 amide bonds. The van der Waals surface area contributed by atoms with Gasteiger partial charge in [0.1, 0.15) is 0 Å². The van der Waals surface area contributed by atoms with Gasteiger partial charge in [0.2, 0.25) is 0 Å². The molecule has 60 heavy (non-hydrogen) atoms. The predicted molar refractivity (Wildman–Crippen MR) is 240 cm³/mol. The van der Waals surface area contributed by atoms with E-state index in [9.17, 15) is 0 Å². The summed E-state index contributed by atoms with van der Waals surface area (Å²) in [4.78, 5) is 35.9. The molecule has 10 aromatic rings. The summed E-state index contributed by atoms with van der Waals surface area (Å²) in [5.74, 6) is 2.91. The van der Waals surface area contributed by atoms with Crippen LogP contribution >= 0.6 is 0 Å². The molecule has 0 spiro atoms. The molecule has 282 valence electrons. The summed E-state index contributed by atoms with van der Waals surface area (Å²) in [6, 6.07) is 71.0. The van der Waals surface area contributed by atoms with Crippen LogP contribution in [0.25, 0.3) is 102 Å².